The molecule has 4 aromatic rings. The molecular weight excluding hydrogens is 692 g/mol. The Balaban J connectivity index is 0.000000917. The predicted octanol–water partition coefficient (Wildman–Crippen LogP) is 6.07. The van der Waals surface area contributed by atoms with Crippen molar-refractivity contribution in [2.45, 2.75) is 27.1 Å². The number of benzene rings is 4. The number of hydrogen-bond donors (Lipinski definition) is 4. The number of aliphatic hydroxyl groups is 1. The Morgan fingerprint density at radius 3 is 1.56 bits per heavy atom. The summed E-state index contributed by atoms with van der Waals surface area (Å²) in [4.78, 5) is 18.0. The molecule has 0 spiro atoms. The Hall–Kier alpha value is -4.06. The van der Waals surface area contributed by atoms with Gasteiger partial charge in [0.15, 0.2) is 0 Å². The summed E-state index contributed by atoms with van der Waals surface area (Å²) in [6, 6.07) is 31.4. The molecule has 10 nitrogen and oxygen atoms in total. The summed E-state index contributed by atoms with van der Waals surface area (Å²) in [7, 11) is 0. The maximum absolute atomic E-state index is 10.5. The Labute approximate surface area is 290 Å². The molecule has 0 heterocycles. The summed E-state index contributed by atoms with van der Waals surface area (Å²) in [5, 5.41) is 43.0. The third kappa shape index (κ3) is 16.2. The molecule has 4 N–H and O–H groups in total. The second kappa shape index (κ2) is 20.8. The van der Waals surface area contributed by atoms with Gasteiger partial charge in [0.2, 0.25) is 5.90 Å². The molecule has 11 heteroatoms. The van der Waals surface area contributed by atoms with Crippen LogP contribution in [0.25, 0.3) is 0 Å². The molecule has 0 aromatic heterocycles. The number of carboxylic acids is 2. The first-order valence-electron chi connectivity index (χ1n) is 12.6. The number of carboxylic acid groups (broad SMARTS) is 2. The van der Waals surface area contributed by atoms with Crippen LogP contribution >= 0.6 is 0 Å². The van der Waals surface area contributed by atoms with Gasteiger partial charge in [-0.1, -0.05) is 72.8 Å². The van der Waals surface area contributed by atoms with E-state index >= 15 is 0 Å². The van der Waals surface area contributed by atoms with Crippen LogP contribution in [0.5, 0.6) is 17.2 Å². The molecule has 0 atom stereocenters. The average molecular weight is 725 g/mol. The number of hydrogen-bond acceptors (Lipinski definition) is 7. The molecule has 1 radical (unpaired) electrons. The van der Waals surface area contributed by atoms with E-state index in [1.807, 2.05) is 60.7 Å². The molecule has 0 aliphatic rings. The average Bonchev–Trinajstić information content (AvgIpc) is 2.96. The molecule has 0 aliphatic carbocycles. The molecule has 0 saturated heterocycles. The summed E-state index contributed by atoms with van der Waals surface area (Å²) >= 11 is 0. The van der Waals surface area contributed by atoms with E-state index in [1.165, 1.54) is 6.21 Å². The molecule has 4 rings (SSSR count). The van der Waals surface area contributed by atoms with Crippen LogP contribution in [0.4, 0.5) is 0 Å². The van der Waals surface area contributed by atoms with Gasteiger partial charge in [0, 0.05) is 80.4 Å². The third-order valence-corrected chi connectivity index (χ3v) is 4.92. The molecular formula is C32H32EuN2O8. The van der Waals surface area contributed by atoms with Crippen molar-refractivity contribution in [1.82, 2.24) is 0 Å². The van der Waals surface area contributed by atoms with Crippen molar-refractivity contribution in [2.24, 2.45) is 10.2 Å². The van der Waals surface area contributed by atoms with Gasteiger partial charge in [0.05, 0.1) is 6.21 Å². The number of nitrogens with zero attached hydrogens (tertiary/aromatic N) is 2. The first kappa shape index (κ1) is 37.0. The van der Waals surface area contributed by atoms with Crippen molar-refractivity contribution >= 4 is 24.1 Å². The van der Waals surface area contributed by atoms with Gasteiger partial charge in [-0.15, -0.1) is 5.10 Å². The number of carbonyl (C=O) groups is 2. The number of phenolic OH excluding ortho intramolecular Hbond substituents is 1. The van der Waals surface area contributed by atoms with Crippen molar-refractivity contribution in [3.8, 4) is 17.2 Å². The molecule has 0 amide bonds. The van der Waals surface area contributed by atoms with Crippen molar-refractivity contribution in [3.05, 3.63) is 125 Å². The van der Waals surface area contributed by atoms with Crippen LogP contribution in [-0.4, -0.2) is 44.5 Å². The van der Waals surface area contributed by atoms with Crippen LogP contribution in [0, 0.1) is 49.4 Å². The second-order valence-electron chi connectivity index (χ2n) is 8.51. The molecule has 0 fully saturated rings. The fourth-order valence-corrected chi connectivity index (χ4v) is 3.15. The maximum atomic E-state index is 10.5. The van der Waals surface area contributed by atoms with Crippen LogP contribution in [0.1, 0.15) is 36.1 Å². The predicted molar refractivity (Wildman–Crippen MR) is 159 cm³/mol. The smallest absolute Gasteiger partial charge is 0.300 e. The standard InChI is InChI=1S/C28H24N2O4.2C2H4O2.Eu/c31-27-14-8-7-13-23(27)18-29-30-28(32)24-15-25(33-19-21-9-3-1-4-10-21)17-26(16-24)34-20-22-11-5-2-6-12-22;2*1-2(3)4;/h1-18,31H,19-20H2,(H,30,32);2*1H3,(H,3,4);/b29-18+;;;. The third-order valence-electron chi connectivity index (χ3n) is 4.92. The van der Waals surface area contributed by atoms with E-state index in [0.29, 0.717) is 35.8 Å². The zero-order valence-electron chi connectivity index (χ0n) is 23.5. The van der Waals surface area contributed by atoms with Gasteiger partial charge < -0.3 is 29.9 Å². The van der Waals surface area contributed by atoms with Gasteiger partial charge in [-0.3, -0.25) is 9.59 Å². The monoisotopic (exact) mass is 725 g/mol. The summed E-state index contributed by atoms with van der Waals surface area (Å²) in [6.45, 7) is 2.90. The first-order valence-corrected chi connectivity index (χ1v) is 12.6. The molecule has 0 saturated carbocycles. The number of aliphatic carboxylic acids is 2. The quantitative estimate of drug-likeness (QED) is 0.0921. The Morgan fingerprint density at radius 2 is 1.12 bits per heavy atom. The minimum atomic E-state index is -0.833. The van der Waals surface area contributed by atoms with Gasteiger partial charge in [-0.05, 0) is 35.4 Å². The second-order valence-corrected chi connectivity index (χ2v) is 8.51. The van der Waals surface area contributed by atoms with E-state index < -0.39 is 11.9 Å². The summed E-state index contributed by atoms with van der Waals surface area (Å²) in [6.07, 6.45) is 1.37. The molecule has 0 bridgehead atoms. The number of aliphatic hydroxyl groups excluding tert-OH is 1. The van der Waals surface area contributed by atoms with Crippen LogP contribution in [0.2, 0.25) is 0 Å². The van der Waals surface area contributed by atoms with Crippen molar-refractivity contribution in [1.29, 1.82) is 0 Å². The Kier molecular flexibility index (Phi) is 17.9. The zero-order chi connectivity index (χ0) is 30.7. The Morgan fingerprint density at radius 1 is 0.698 bits per heavy atom. The largest absolute Gasteiger partial charge is 0.507 e. The van der Waals surface area contributed by atoms with Crippen molar-refractivity contribution in [2.75, 3.05) is 0 Å². The number of rotatable bonds is 9. The van der Waals surface area contributed by atoms with Gasteiger partial charge in [0.1, 0.15) is 30.5 Å². The van der Waals surface area contributed by atoms with Crippen LogP contribution in [0.15, 0.2) is 113 Å². The van der Waals surface area contributed by atoms with E-state index in [2.05, 4.69) is 10.2 Å². The van der Waals surface area contributed by atoms with E-state index in [0.717, 1.165) is 25.0 Å². The van der Waals surface area contributed by atoms with Crippen LogP contribution in [-0.2, 0) is 22.8 Å². The summed E-state index contributed by atoms with van der Waals surface area (Å²) in [5.74, 6) is -0.845. The van der Waals surface area contributed by atoms with Gasteiger partial charge in [0.25, 0.3) is 11.9 Å². The maximum Gasteiger partial charge on any atom is 0.300 e. The number of aromatic hydroxyl groups is 1. The Bertz CT molecular complexity index is 1400. The number of ether oxygens (including phenoxy) is 2. The van der Waals surface area contributed by atoms with E-state index in [4.69, 9.17) is 29.3 Å². The number of phenols is 1. The minimum absolute atomic E-state index is 0. The minimum Gasteiger partial charge on any atom is -0.507 e. The normalized spacial score (nSPS) is 10.2. The van der Waals surface area contributed by atoms with E-state index in [-0.39, 0.29) is 61.0 Å². The van der Waals surface area contributed by atoms with Crippen LogP contribution < -0.4 is 9.47 Å². The van der Waals surface area contributed by atoms with Gasteiger partial charge >= 0.3 is 0 Å². The van der Waals surface area contributed by atoms with Crippen LogP contribution in [0.3, 0.4) is 0 Å². The molecule has 43 heavy (non-hydrogen) atoms. The zero-order valence-corrected chi connectivity index (χ0v) is 25.9. The van der Waals surface area contributed by atoms with E-state index in [9.17, 15) is 10.2 Å². The molecule has 0 aliphatic heterocycles. The van der Waals surface area contributed by atoms with Gasteiger partial charge in [-0.25, -0.2) is 0 Å². The van der Waals surface area contributed by atoms with Gasteiger partial charge in [-0.2, -0.15) is 5.10 Å². The van der Waals surface area contributed by atoms with Crippen molar-refractivity contribution in [3.63, 3.8) is 0 Å². The molecule has 225 valence electrons. The fraction of sp³-hybridized carbons (Fsp3) is 0.125. The first-order chi connectivity index (χ1) is 20.1. The molecule has 4 aromatic carbocycles. The van der Waals surface area contributed by atoms with E-state index in [1.54, 1.807) is 42.5 Å². The molecule has 0 unspecified atom stereocenters. The topological polar surface area (TPSA) is 158 Å². The SMILES string of the molecule is CC(=O)O.CC(=O)O.O/C(=N/N=C/c1ccccc1O)c1cc(OCc2ccccc2)cc(OCc2ccccc2)c1.[Eu]. The summed E-state index contributed by atoms with van der Waals surface area (Å²) < 4.78 is 11.9. The fourth-order valence-electron chi connectivity index (χ4n) is 3.15. The summed E-state index contributed by atoms with van der Waals surface area (Å²) in [5.41, 5.74) is 2.92. The van der Waals surface area contributed by atoms with Crippen molar-refractivity contribution < 1.29 is 88.9 Å². The number of para-hydroxylation sites is 1.